The molecule has 3 nitrogen and oxygen atoms in total. The van der Waals surface area contributed by atoms with Gasteiger partial charge in [0.25, 0.3) is 0 Å². The van der Waals surface area contributed by atoms with Crippen LogP contribution in [0.2, 0.25) is 0 Å². The summed E-state index contributed by atoms with van der Waals surface area (Å²) in [5.74, 6) is -0.468. The van der Waals surface area contributed by atoms with Crippen LogP contribution in [0.4, 0.5) is 0 Å². The van der Waals surface area contributed by atoms with Gasteiger partial charge in [0.15, 0.2) is 0 Å². The van der Waals surface area contributed by atoms with E-state index in [1.165, 1.54) is 0 Å². The topological polar surface area (TPSA) is 46.2 Å². The predicted octanol–water partition coefficient (Wildman–Crippen LogP) is -0.423. The van der Waals surface area contributed by atoms with E-state index in [4.69, 9.17) is 0 Å². The van der Waals surface area contributed by atoms with E-state index >= 15 is 0 Å². The molecule has 2 rings (SSSR count). The standard InChI is InChI=1S/C8H9NO2.K.H/c10-7-5-3-1-2-4-6(5)8(11)9-7;;/h1,3,5-6H,2,4H2,(H,9,10,11);;. The van der Waals surface area contributed by atoms with Crippen LogP contribution in [-0.2, 0) is 9.59 Å². The summed E-state index contributed by atoms with van der Waals surface area (Å²) in [5, 5.41) is 2.33. The van der Waals surface area contributed by atoms with Gasteiger partial charge in [-0.05, 0) is 12.8 Å². The molecule has 0 radical (unpaired) electrons. The van der Waals surface area contributed by atoms with Crippen LogP contribution in [0.3, 0.4) is 0 Å². The van der Waals surface area contributed by atoms with Gasteiger partial charge in [0, 0.05) is 0 Å². The first-order valence-electron chi connectivity index (χ1n) is 3.80. The Kier molecular flexibility index (Phi) is 3.67. The average Bonchev–Trinajstić information content (AvgIpc) is 2.30. The minimum atomic E-state index is -0.170. The molecule has 1 saturated heterocycles. The normalized spacial score (nSPS) is 32.3. The van der Waals surface area contributed by atoms with E-state index in [2.05, 4.69) is 5.32 Å². The molecule has 60 valence electrons. The Morgan fingerprint density at radius 3 is 2.75 bits per heavy atom. The zero-order valence-corrected chi connectivity index (χ0v) is 6.04. The van der Waals surface area contributed by atoms with Crippen LogP contribution in [0.15, 0.2) is 12.2 Å². The Hall–Kier alpha value is 0.516. The quantitative estimate of drug-likeness (QED) is 0.321. The van der Waals surface area contributed by atoms with Crippen LogP contribution in [0.25, 0.3) is 0 Å². The van der Waals surface area contributed by atoms with Crippen LogP contribution >= 0.6 is 0 Å². The van der Waals surface area contributed by atoms with Crippen LogP contribution in [0.1, 0.15) is 12.8 Å². The second kappa shape index (κ2) is 4.15. The van der Waals surface area contributed by atoms with Gasteiger partial charge in [-0.15, -0.1) is 0 Å². The molecule has 0 aromatic heterocycles. The molecule has 1 aliphatic heterocycles. The molecule has 1 N–H and O–H groups in total. The van der Waals surface area contributed by atoms with E-state index in [0.717, 1.165) is 12.8 Å². The van der Waals surface area contributed by atoms with Crippen molar-refractivity contribution in [2.24, 2.45) is 11.8 Å². The number of amides is 2. The molecular weight excluding hydrogens is 181 g/mol. The molecule has 0 aromatic rings. The molecule has 2 aliphatic rings. The van der Waals surface area contributed by atoms with Gasteiger partial charge in [0.1, 0.15) is 0 Å². The van der Waals surface area contributed by atoms with E-state index < -0.39 is 0 Å². The fourth-order valence-electron chi connectivity index (χ4n) is 1.69. The van der Waals surface area contributed by atoms with Crippen molar-refractivity contribution in [2.45, 2.75) is 12.8 Å². The predicted molar refractivity (Wildman–Crippen MR) is 45.7 cm³/mol. The van der Waals surface area contributed by atoms with Crippen LogP contribution in [-0.4, -0.2) is 63.2 Å². The third-order valence-corrected chi connectivity index (χ3v) is 2.31. The first-order valence-corrected chi connectivity index (χ1v) is 3.80. The number of hydrogen-bond acceptors (Lipinski definition) is 2. The summed E-state index contributed by atoms with van der Waals surface area (Å²) in [4.78, 5) is 22.1. The fraction of sp³-hybridized carbons (Fsp3) is 0.500. The molecular formula is C8H10KNO2. The van der Waals surface area contributed by atoms with Crippen LogP contribution in [0.5, 0.6) is 0 Å². The summed E-state index contributed by atoms with van der Waals surface area (Å²) in [5.41, 5.74) is 0. The Morgan fingerprint density at radius 1 is 1.33 bits per heavy atom. The monoisotopic (exact) mass is 191 g/mol. The SMILES string of the molecule is O=C1NC(=O)C2CCC=CC12.[KH]. The van der Waals surface area contributed by atoms with Crippen molar-refractivity contribution >= 4 is 63.2 Å². The fourth-order valence-corrected chi connectivity index (χ4v) is 1.69. The van der Waals surface area contributed by atoms with Gasteiger partial charge >= 0.3 is 51.4 Å². The molecule has 1 heterocycles. The third kappa shape index (κ3) is 1.72. The van der Waals surface area contributed by atoms with Gasteiger partial charge < -0.3 is 0 Å². The number of nitrogens with one attached hydrogen (secondary N) is 1. The first-order chi connectivity index (χ1) is 5.29. The Morgan fingerprint density at radius 2 is 2.08 bits per heavy atom. The van der Waals surface area contributed by atoms with Crippen molar-refractivity contribution in [3.8, 4) is 0 Å². The second-order valence-corrected chi connectivity index (χ2v) is 2.99. The van der Waals surface area contributed by atoms with Crippen LogP contribution in [0, 0.1) is 11.8 Å². The van der Waals surface area contributed by atoms with Crippen molar-refractivity contribution in [2.75, 3.05) is 0 Å². The molecule has 2 unspecified atom stereocenters. The van der Waals surface area contributed by atoms with Gasteiger partial charge in [-0.3, -0.25) is 14.9 Å². The number of fused-ring (bicyclic) bond motifs is 1. The van der Waals surface area contributed by atoms with Crippen LogP contribution < -0.4 is 5.32 Å². The third-order valence-electron chi connectivity index (χ3n) is 2.31. The van der Waals surface area contributed by atoms with Gasteiger partial charge in [0.05, 0.1) is 11.8 Å². The number of carbonyl (C=O) groups excluding carboxylic acids is 2. The molecule has 0 saturated carbocycles. The van der Waals surface area contributed by atoms with Crippen molar-refractivity contribution in [3.05, 3.63) is 12.2 Å². The van der Waals surface area contributed by atoms with Gasteiger partial charge in [0.2, 0.25) is 11.8 Å². The van der Waals surface area contributed by atoms with E-state index in [1.807, 2.05) is 12.2 Å². The van der Waals surface area contributed by atoms with E-state index in [0.29, 0.717) is 0 Å². The van der Waals surface area contributed by atoms with Crippen molar-refractivity contribution < 1.29 is 9.59 Å². The molecule has 12 heavy (non-hydrogen) atoms. The Labute approximate surface area is 113 Å². The molecule has 0 bridgehead atoms. The summed E-state index contributed by atoms with van der Waals surface area (Å²) < 4.78 is 0. The zero-order chi connectivity index (χ0) is 7.84. The van der Waals surface area contributed by atoms with Gasteiger partial charge in [-0.1, -0.05) is 12.2 Å². The Balaban J connectivity index is 0.000000720. The van der Waals surface area contributed by atoms with E-state index in [9.17, 15) is 9.59 Å². The zero-order valence-electron chi connectivity index (χ0n) is 6.04. The first kappa shape index (κ1) is 10.6. The summed E-state index contributed by atoms with van der Waals surface area (Å²) in [6, 6.07) is 0. The van der Waals surface area contributed by atoms with Crippen molar-refractivity contribution in [1.82, 2.24) is 5.32 Å². The van der Waals surface area contributed by atoms with E-state index in [1.54, 1.807) is 0 Å². The van der Waals surface area contributed by atoms with E-state index in [-0.39, 0.29) is 75.0 Å². The minimum absolute atomic E-state index is 0. The molecule has 1 fully saturated rings. The van der Waals surface area contributed by atoms with Gasteiger partial charge in [-0.2, -0.15) is 0 Å². The summed E-state index contributed by atoms with van der Waals surface area (Å²) >= 11 is 0. The molecule has 0 spiro atoms. The molecule has 2 atom stereocenters. The number of rotatable bonds is 0. The summed E-state index contributed by atoms with van der Waals surface area (Å²) in [7, 11) is 0. The van der Waals surface area contributed by atoms with Crippen molar-refractivity contribution in [3.63, 3.8) is 0 Å². The number of carbonyl (C=O) groups is 2. The summed E-state index contributed by atoms with van der Waals surface area (Å²) in [6.07, 6.45) is 5.55. The molecule has 1 aliphatic carbocycles. The molecule has 0 aromatic carbocycles. The Bertz CT molecular complexity index is 249. The molecule has 2 amide bonds. The number of imide groups is 1. The summed E-state index contributed by atoms with van der Waals surface area (Å²) in [6.45, 7) is 0. The average molecular weight is 191 g/mol. The van der Waals surface area contributed by atoms with Crippen molar-refractivity contribution in [1.29, 1.82) is 0 Å². The maximum atomic E-state index is 11.1. The number of allylic oxidation sites excluding steroid dienone is 1. The molecule has 4 heteroatoms. The van der Waals surface area contributed by atoms with Gasteiger partial charge in [-0.25, -0.2) is 0 Å². The second-order valence-electron chi connectivity index (χ2n) is 2.99. The maximum absolute atomic E-state index is 11.1. The number of hydrogen-bond donors (Lipinski definition) is 1.